The molecule has 0 amide bonds. The molecule has 2 heterocycles. The zero-order valence-electron chi connectivity index (χ0n) is 18.2. The number of benzene rings is 3. The van der Waals surface area contributed by atoms with Crippen molar-refractivity contribution in [1.82, 2.24) is 9.78 Å². The lowest BCUT2D eigenvalue weighted by Gasteiger charge is -2.30. The molecular formula is C26H24BrN3O2. The van der Waals surface area contributed by atoms with Crippen LogP contribution in [0.5, 0.6) is 11.5 Å². The molecule has 0 saturated heterocycles. The topological polar surface area (TPSA) is 48.3 Å². The standard InChI is InChI=1S/C26H24BrN3O2/c1-16-7-9-22-21(11-16)23-12-17(2)29-30(23)26(28-22)19-8-10-24(25(14-19)31-3)32-15-18-5-4-6-20(27)13-18/h4-14,26,28H,15H2,1-3H3. The number of methoxy groups -OCH3 is 1. The van der Waals surface area contributed by atoms with E-state index in [9.17, 15) is 0 Å². The summed E-state index contributed by atoms with van der Waals surface area (Å²) >= 11 is 3.51. The fraction of sp³-hybridized carbons (Fsp3) is 0.192. The summed E-state index contributed by atoms with van der Waals surface area (Å²) in [5, 5.41) is 8.42. The predicted molar refractivity (Wildman–Crippen MR) is 130 cm³/mol. The van der Waals surface area contributed by atoms with Gasteiger partial charge in [-0.1, -0.05) is 45.8 Å². The van der Waals surface area contributed by atoms with Crippen LogP contribution in [0, 0.1) is 13.8 Å². The summed E-state index contributed by atoms with van der Waals surface area (Å²) in [6.07, 6.45) is -0.137. The number of ether oxygens (including phenoxy) is 2. The molecule has 1 atom stereocenters. The van der Waals surface area contributed by atoms with Crippen molar-refractivity contribution in [3.05, 3.63) is 93.6 Å². The van der Waals surface area contributed by atoms with Crippen LogP contribution in [-0.4, -0.2) is 16.9 Å². The summed E-state index contributed by atoms with van der Waals surface area (Å²) in [6.45, 7) is 4.60. The second kappa shape index (κ2) is 8.36. The minimum absolute atomic E-state index is 0.137. The van der Waals surface area contributed by atoms with E-state index in [1.807, 2.05) is 48.0 Å². The van der Waals surface area contributed by atoms with Crippen LogP contribution in [0.15, 0.2) is 71.2 Å². The Morgan fingerprint density at radius 2 is 1.88 bits per heavy atom. The van der Waals surface area contributed by atoms with Crippen molar-refractivity contribution in [3.63, 3.8) is 0 Å². The molecule has 0 bridgehead atoms. The second-order valence-corrected chi connectivity index (χ2v) is 8.96. The SMILES string of the molecule is COc1cc(C2Nc3ccc(C)cc3-c3cc(C)nn32)ccc1OCc1cccc(Br)c1. The summed E-state index contributed by atoms with van der Waals surface area (Å²) in [7, 11) is 1.67. The van der Waals surface area contributed by atoms with Crippen molar-refractivity contribution in [1.29, 1.82) is 0 Å². The first-order valence-corrected chi connectivity index (χ1v) is 11.3. The van der Waals surface area contributed by atoms with Gasteiger partial charge in [-0.25, -0.2) is 4.68 Å². The van der Waals surface area contributed by atoms with Gasteiger partial charge in [0.2, 0.25) is 0 Å². The highest BCUT2D eigenvalue weighted by Crippen LogP contribution is 2.40. The Kier molecular flexibility index (Phi) is 5.39. The third kappa shape index (κ3) is 3.86. The van der Waals surface area contributed by atoms with Crippen LogP contribution in [0.2, 0.25) is 0 Å². The molecule has 3 aromatic carbocycles. The number of fused-ring (bicyclic) bond motifs is 3. The van der Waals surface area contributed by atoms with Crippen molar-refractivity contribution in [3.8, 4) is 22.8 Å². The van der Waals surface area contributed by atoms with E-state index < -0.39 is 0 Å². The van der Waals surface area contributed by atoms with E-state index in [2.05, 4.69) is 58.5 Å². The first-order valence-electron chi connectivity index (χ1n) is 10.5. The Labute approximate surface area is 196 Å². The molecule has 0 radical (unpaired) electrons. The lowest BCUT2D eigenvalue weighted by Crippen LogP contribution is -2.25. The van der Waals surface area contributed by atoms with Crippen molar-refractivity contribution in [2.45, 2.75) is 26.6 Å². The summed E-state index contributed by atoms with van der Waals surface area (Å²) in [6, 6.07) is 22.7. The first kappa shape index (κ1) is 20.6. The normalized spacial score (nSPS) is 14.3. The lowest BCUT2D eigenvalue weighted by molar-refractivity contribution is 0.284. The van der Waals surface area contributed by atoms with Crippen LogP contribution >= 0.6 is 15.9 Å². The third-order valence-corrected chi connectivity index (χ3v) is 6.13. The Morgan fingerprint density at radius 1 is 1.00 bits per heavy atom. The molecule has 0 aliphatic carbocycles. The van der Waals surface area contributed by atoms with E-state index in [0.29, 0.717) is 18.1 Å². The Hall–Kier alpha value is -3.25. The molecule has 32 heavy (non-hydrogen) atoms. The molecule has 1 aromatic heterocycles. The molecule has 4 aromatic rings. The maximum atomic E-state index is 6.07. The van der Waals surface area contributed by atoms with Gasteiger partial charge < -0.3 is 14.8 Å². The number of hydrogen-bond acceptors (Lipinski definition) is 4. The molecule has 0 fully saturated rings. The highest BCUT2D eigenvalue weighted by atomic mass is 79.9. The number of aryl methyl sites for hydroxylation is 2. The molecule has 162 valence electrons. The van der Waals surface area contributed by atoms with E-state index in [1.165, 1.54) is 11.1 Å². The van der Waals surface area contributed by atoms with E-state index in [0.717, 1.165) is 32.7 Å². The number of nitrogens with zero attached hydrogens (tertiary/aromatic N) is 2. The van der Waals surface area contributed by atoms with E-state index in [4.69, 9.17) is 14.6 Å². The third-order valence-electron chi connectivity index (χ3n) is 5.63. The second-order valence-electron chi connectivity index (χ2n) is 8.04. The summed E-state index contributed by atoms with van der Waals surface area (Å²) in [5.41, 5.74) is 7.73. The van der Waals surface area contributed by atoms with Crippen LogP contribution in [0.3, 0.4) is 0 Å². The quantitative estimate of drug-likeness (QED) is 0.348. The summed E-state index contributed by atoms with van der Waals surface area (Å²) in [5.74, 6) is 1.40. The monoisotopic (exact) mass is 489 g/mol. The maximum absolute atomic E-state index is 6.07. The van der Waals surface area contributed by atoms with Gasteiger partial charge in [-0.15, -0.1) is 0 Å². The maximum Gasteiger partial charge on any atom is 0.161 e. The minimum atomic E-state index is -0.137. The molecule has 1 N–H and O–H groups in total. The van der Waals surface area contributed by atoms with Crippen LogP contribution in [0.4, 0.5) is 5.69 Å². The molecule has 1 unspecified atom stereocenters. The van der Waals surface area contributed by atoms with Crippen LogP contribution in [-0.2, 0) is 6.61 Å². The largest absolute Gasteiger partial charge is 0.493 e. The molecule has 1 aliphatic heterocycles. The van der Waals surface area contributed by atoms with Crippen molar-refractivity contribution >= 4 is 21.6 Å². The van der Waals surface area contributed by atoms with Gasteiger partial charge in [0.15, 0.2) is 11.5 Å². The number of nitrogens with one attached hydrogen (secondary N) is 1. The Balaban J connectivity index is 1.46. The average Bonchev–Trinajstić information content (AvgIpc) is 3.19. The number of hydrogen-bond donors (Lipinski definition) is 1. The average molecular weight is 490 g/mol. The Morgan fingerprint density at radius 3 is 2.69 bits per heavy atom. The predicted octanol–water partition coefficient (Wildman–Crippen LogP) is 6.49. The van der Waals surface area contributed by atoms with Gasteiger partial charge in [0.05, 0.1) is 18.5 Å². The fourth-order valence-corrected chi connectivity index (χ4v) is 4.55. The van der Waals surface area contributed by atoms with Crippen molar-refractivity contribution in [2.24, 2.45) is 0 Å². The van der Waals surface area contributed by atoms with E-state index in [-0.39, 0.29) is 6.17 Å². The molecular weight excluding hydrogens is 466 g/mol. The van der Waals surface area contributed by atoms with Gasteiger partial charge in [0.1, 0.15) is 12.8 Å². The number of halogens is 1. The highest BCUT2D eigenvalue weighted by molar-refractivity contribution is 9.10. The number of rotatable bonds is 5. The Bertz CT molecular complexity index is 1300. The van der Waals surface area contributed by atoms with Gasteiger partial charge in [-0.2, -0.15) is 5.10 Å². The van der Waals surface area contributed by atoms with Crippen LogP contribution in [0.1, 0.15) is 28.6 Å². The van der Waals surface area contributed by atoms with Crippen molar-refractivity contribution < 1.29 is 9.47 Å². The van der Waals surface area contributed by atoms with Gasteiger partial charge in [0.25, 0.3) is 0 Å². The van der Waals surface area contributed by atoms with Crippen LogP contribution < -0.4 is 14.8 Å². The van der Waals surface area contributed by atoms with Gasteiger partial charge in [-0.05, 0) is 61.9 Å². The highest BCUT2D eigenvalue weighted by Gasteiger charge is 2.27. The molecule has 1 aliphatic rings. The smallest absolute Gasteiger partial charge is 0.161 e. The van der Waals surface area contributed by atoms with Crippen LogP contribution in [0.25, 0.3) is 11.3 Å². The molecule has 6 heteroatoms. The van der Waals surface area contributed by atoms with Crippen molar-refractivity contribution in [2.75, 3.05) is 12.4 Å². The van der Waals surface area contributed by atoms with E-state index >= 15 is 0 Å². The summed E-state index contributed by atoms with van der Waals surface area (Å²) in [4.78, 5) is 0. The zero-order valence-corrected chi connectivity index (χ0v) is 19.8. The van der Waals surface area contributed by atoms with Gasteiger partial charge in [-0.3, -0.25) is 0 Å². The molecule has 0 saturated carbocycles. The zero-order chi connectivity index (χ0) is 22.2. The summed E-state index contributed by atoms with van der Waals surface area (Å²) < 4.78 is 14.8. The molecule has 5 rings (SSSR count). The lowest BCUT2D eigenvalue weighted by atomic mass is 10.0. The van der Waals surface area contributed by atoms with Gasteiger partial charge in [0, 0.05) is 21.3 Å². The molecule has 0 spiro atoms. The van der Waals surface area contributed by atoms with Gasteiger partial charge >= 0.3 is 0 Å². The number of aromatic nitrogens is 2. The number of anilines is 1. The van der Waals surface area contributed by atoms with E-state index in [1.54, 1.807) is 7.11 Å². The minimum Gasteiger partial charge on any atom is -0.493 e. The first-order chi connectivity index (χ1) is 15.5. The fourth-order valence-electron chi connectivity index (χ4n) is 4.10. The molecule has 5 nitrogen and oxygen atoms in total.